The Bertz CT molecular complexity index is 617. The Morgan fingerprint density at radius 2 is 1.80 bits per heavy atom. The summed E-state index contributed by atoms with van der Waals surface area (Å²) in [7, 11) is 3.12. The molecule has 2 aromatic rings. The van der Waals surface area contributed by atoms with Crippen LogP contribution in [0.25, 0.3) is 0 Å². The molecule has 0 N–H and O–H groups in total. The lowest BCUT2D eigenvalue weighted by molar-refractivity contribution is 0.399. The van der Waals surface area contributed by atoms with Gasteiger partial charge in [-0.15, -0.1) is 11.6 Å². The number of alkyl halides is 1. The van der Waals surface area contributed by atoms with Crippen LogP contribution in [0.1, 0.15) is 16.5 Å². The highest BCUT2D eigenvalue weighted by Gasteiger charge is 2.18. The van der Waals surface area contributed by atoms with Gasteiger partial charge in [-0.3, -0.25) is 0 Å². The topological polar surface area (TPSA) is 18.5 Å². The van der Waals surface area contributed by atoms with Crippen LogP contribution < -0.4 is 9.47 Å². The zero-order chi connectivity index (χ0) is 14.7. The average Bonchev–Trinajstić information content (AvgIpc) is 2.48. The largest absolute Gasteiger partial charge is 0.497 e. The number of hydrogen-bond acceptors (Lipinski definition) is 2. The molecular formula is C15H13Cl2FO2. The third-order valence-electron chi connectivity index (χ3n) is 2.95. The van der Waals surface area contributed by atoms with Crippen molar-refractivity contribution in [3.63, 3.8) is 0 Å². The molecule has 0 saturated carbocycles. The minimum absolute atomic E-state index is 0.0650. The number of methoxy groups -OCH3 is 2. The van der Waals surface area contributed by atoms with E-state index in [0.29, 0.717) is 22.6 Å². The van der Waals surface area contributed by atoms with Crippen LogP contribution in [-0.2, 0) is 0 Å². The van der Waals surface area contributed by atoms with Crippen molar-refractivity contribution in [3.05, 3.63) is 58.4 Å². The second-order valence-electron chi connectivity index (χ2n) is 4.14. The van der Waals surface area contributed by atoms with Crippen molar-refractivity contribution in [2.45, 2.75) is 5.38 Å². The lowest BCUT2D eigenvalue weighted by atomic mass is 10.0. The summed E-state index contributed by atoms with van der Waals surface area (Å²) < 4.78 is 24.0. The van der Waals surface area contributed by atoms with Crippen LogP contribution >= 0.6 is 23.2 Å². The summed E-state index contributed by atoms with van der Waals surface area (Å²) in [6, 6.07) is 9.78. The van der Waals surface area contributed by atoms with Crippen LogP contribution in [0.4, 0.5) is 4.39 Å². The van der Waals surface area contributed by atoms with E-state index in [9.17, 15) is 4.39 Å². The van der Waals surface area contributed by atoms with E-state index in [0.717, 1.165) is 0 Å². The molecule has 20 heavy (non-hydrogen) atoms. The monoisotopic (exact) mass is 314 g/mol. The van der Waals surface area contributed by atoms with Gasteiger partial charge in [-0.05, 0) is 35.9 Å². The molecular weight excluding hydrogens is 302 g/mol. The standard InChI is InChI=1S/C15H13Cl2FO2/c1-19-10-4-6-14(20-2)11(8-10)15(17)9-3-5-12(16)13(18)7-9/h3-8,15H,1-2H3. The Kier molecular flexibility index (Phi) is 4.73. The van der Waals surface area contributed by atoms with Crippen LogP contribution in [0.15, 0.2) is 36.4 Å². The Hall–Kier alpha value is -1.45. The van der Waals surface area contributed by atoms with Gasteiger partial charge in [0.1, 0.15) is 17.3 Å². The summed E-state index contributed by atoms with van der Waals surface area (Å²) in [6.45, 7) is 0. The van der Waals surface area contributed by atoms with Crippen molar-refractivity contribution in [2.24, 2.45) is 0 Å². The van der Waals surface area contributed by atoms with E-state index in [-0.39, 0.29) is 5.02 Å². The summed E-state index contributed by atoms with van der Waals surface area (Å²) >= 11 is 12.1. The van der Waals surface area contributed by atoms with Gasteiger partial charge >= 0.3 is 0 Å². The Morgan fingerprint density at radius 1 is 1.05 bits per heavy atom. The third kappa shape index (κ3) is 3.00. The SMILES string of the molecule is COc1ccc(OC)c(C(Cl)c2ccc(Cl)c(F)c2)c1. The molecule has 0 heterocycles. The molecule has 2 nitrogen and oxygen atoms in total. The van der Waals surface area contributed by atoms with Crippen molar-refractivity contribution in [1.29, 1.82) is 0 Å². The zero-order valence-electron chi connectivity index (χ0n) is 11.0. The molecule has 0 spiro atoms. The first-order valence-electron chi connectivity index (χ1n) is 5.87. The molecule has 0 aliphatic rings. The fourth-order valence-corrected chi connectivity index (χ4v) is 2.31. The Labute approximate surface area is 127 Å². The molecule has 0 bridgehead atoms. The minimum atomic E-state index is -0.563. The first-order chi connectivity index (χ1) is 9.56. The quantitative estimate of drug-likeness (QED) is 0.753. The van der Waals surface area contributed by atoms with Crippen LogP contribution in [0, 0.1) is 5.82 Å². The number of halogens is 3. The van der Waals surface area contributed by atoms with E-state index >= 15 is 0 Å². The van der Waals surface area contributed by atoms with Gasteiger partial charge in [0.2, 0.25) is 0 Å². The minimum Gasteiger partial charge on any atom is -0.497 e. The second kappa shape index (κ2) is 6.33. The summed E-state index contributed by atoms with van der Waals surface area (Å²) in [6.07, 6.45) is 0. The summed E-state index contributed by atoms with van der Waals surface area (Å²) in [5, 5.41) is -0.498. The van der Waals surface area contributed by atoms with E-state index in [1.54, 1.807) is 38.5 Å². The van der Waals surface area contributed by atoms with Crippen molar-refractivity contribution < 1.29 is 13.9 Å². The molecule has 0 aromatic heterocycles. The maximum Gasteiger partial charge on any atom is 0.142 e. The first kappa shape index (κ1) is 14.9. The molecule has 0 saturated heterocycles. The molecule has 0 fully saturated rings. The second-order valence-corrected chi connectivity index (χ2v) is 4.99. The first-order valence-corrected chi connectivity index (χ1v) is 6.69. The summed E-state index contributed by atoms with van der Waals surface area (Å²) in [5.74, 6) is 0.763. The van der Waals surface area contributed by atoms with E-state index in [1.807, 2.05) is 0 Å². The van der Waals surface area contributed by atoms with Crippen LogP contribution in [0.2, 0.25) is 5.02 Å². The van der Waals surface area contributed by atoms with Crippen molar-refractivity contribution in [1.82, 2.24) is 0 Å². The summed E-state index contributed by atoms with van der Waals surface area (Å²) in [5.41, 5.74) is 1.30. The predicted molar refractivity (Wildman–Crippen MR) is 78.7 cm³/mol. The van der Waals surface area contributed by atoms with Crippen LogP contribution in [0.5, 0.6) is 11.5 Å². The summed E-state index contributed by atoms with van der Waals surface area (Å²) in [4.78, 5) is 0. The van der Waals surface area contributed by atoms with Crippen molar-refractivity contribution >= 4 is 23.2 Å². The van der Waals surface area contributed by atoms with Gasteiger partial charge in [0.15, 0.2) is 0 Å². The number of hydrogen-bond donors (Lipinski definition) is 0. The lowest BCUT2D eigenvalue weighted by Gasteiger charge is -2.16. The molecule has 0 aliphatic carbocycles. The molecule has 5 heteroatoms. The Balaban J connectivity index is 2.45. The van der Waals surface area contributed by atoms with Gasteiger partial charge in [0, 0.05) is 5.56 Å². The van der Waals surface area contributed by atoms with Gasteiger partial charge in [-0.25, -0.2) is 4.39 Å². The molecule has 2 aromatic carbocycles. The van der Waals surface area contributed by atoms with Gasteiger partial charge < -0.3 is 9.47 Å². The highest BCUT2D eigenvalue weighted by Crippen LogP contribution is 2.37. The molecule has 106 valence electrons. The highest BCUT2D eigenvalue weighted by atomic mass is 35.5. The molecule has 0 aliphatic heterocycles. The molecule has 1 unspecified atom stereocenters. The fourth-order valence-electron chi connectivity index (χ4n) is 1.89. The van der Waals surface area contributed by atoms with E-state index in [2.05, 4.69) is 0 Å². The molecule has 2 rings (SSSR count). The lowest BCUT2D eigenvalue weighted by Crippen LogP contribution is -1.99. The van der Waals surface area contributed by atoms with E-state index < -0.39 is 11.2 Å². The van der Waals surface area contributed by atoms with Gasteiger partial charge in [0.25, 0.3) is 0 Å². The molecule has 0 radical (unpaired) electrons. The van der Waals surface area contributed by atoms with Crippen LogP contribution in [-0.4, -0.2) is 14.2 Å². The normalized spacial score (nSPS) is 12.1. The maximum absolute atomic E-state index is 13.5. The zero-order valence-corrected chi connectivity index (χ0v) is 12.5. The number of ether oxygens (including phenoxy) is 2. The van der Waals surface area contributed by atoms with Gasteiger partial charge in [0.05, 0.1) is 24.6 Å². The van der Waals surface area contributed by atoms with E-state index in [1.165, 1.54) is 12.1 Å². The van der Waals surface area contributed by atoms with E-state index in [4.69, 9.17) is 32.7 Å². The maximum atomic E-state index is 13.5. The average molecular weight is 315 g/mol. The smallest absolute Gasteiger partial charge is 0.142 e. The third-order valence-corrected chi connectivity index (χ3v) is 3.74. The number of benzene rings is 2. The fraction of sp³-hybridized carbons (Fsp3) is 0.200. The molecule has 0 amide bonds. The van der Waals surface area contributed by atoms with Gasteiger partial charge in [-0.1, -0.05) is 17.7 Å². The van der Waals surface area contributed by atoms with Crippen LogP contribution in [0.3, 0.4) is 0 Å². The van der Waals surface area contributed by atoms with Gasteiger partial charge in [-0.2, -0.15) is 0 Å². The molecule has 1 atom stereocenters. The predicted octanol–water partition coefficient (Wildman–Crippen LogP) is 4.82. The van der Waals surface area contributed by atoms with Crippen molar-refractivity contribution in [3.8, 4) is 11.5 Å². The van der Waals surface area contributed by atoms with Crippen molar-refractivity contribution in [2.75, 3.05) is 14.2 Å². The Morgan fingerprint density at radius 3 is 2.40 bits per heavy atom. The number of rotatable bonds is 4. The highest BCUT2D eigenvalue weighted by molar-refractivity contribution is 6.30.